The molecule has 0 spiro atoms. The third kappa shape index (κ3) is 8.81. The summed E-state index contributed by atoms with van der Waals surface area (Å²) in [6, 6.07) is 0.311. The fourth-order valence-corrected chi connectivity index (χ4v) is 1.32. The Kier molecular flexibility index (Phi) is 9.00. The number of ether oxygens (including phenoxy) is 1. The lowest BCUT2D eigenvalue weighted by Crippen LogP contribution is -2.41. The number of nitrogens with one attached hydrogen (secondary N) is 2. The van der Waals surface area contributed by atoms with Crippen LogP contribution in [0.1, 0.15) is 33.6 Å². The van der Waals surface area contributed by atoms with Crippen LogP contribution >= 0.6 is 0 Å². The highest BCUT2D eigenvalue weighted by molar-refractivity contribution is 5.79. The van der Waals surface area contributed by atoms with E-state index < -0.39 is 0 Å². The van der Waals surface area contributed by atoms with Crippen molar-refractivity contribution in [3.63, 3.8) is 0 Å². The number of carbonyl (C=O) groups is 1. The predicted molar refractivity (Wildman–Crippen MR) is 73.5 cm³/mol. The maximum atomic E-state index is 11.5. The van der Waals surface area contributed by atoms with Crippen LogP contribution in [-0.2, 0) is 9.53 Å². The van der Waals surface area contributed by atoms with Crippen LogP contribution in [0.2, 0.25) is 0 Å². The quantitative estimate of drug-likeness (QED) is 0.429. The van der Waals surface area contributed by atoms with E-state index in [2.05, 4.69) is 15.6 Å². The molecule has 0 aliphatic rings. The van der Waals surface area contributed by atoms with Gasteiger partial charge in [-0.05, 0) is 20.3 Å². The zero-order valence-corrected chi connectivity index (χ0v) is 11.8. The van der Waals surface area contributed by atoms with Gasteiger partial charge in [-0.25, -0.2) is 0 Å². The lowest BCUT2D eigenvalue weighted by molar-refractivity contribution is -0.121. The zero-order chi connectivity index (χ0) is 14.0. The van der Waals surface area contributed by atoms with Crippen molar-refractivity contribution in [1.82, 2.24) is 10.6 Å². The van der Waals surface area contributed by atoms with Crippen molar-refractivity contribution in [2.75, 3.05) is 20.3 Å². The number of guanidine groups is 1. The average Bonchev–Trinajstić information content (AvgIpc) is 2.28. The first-order valence-electron chi connectivity index (χ1n) is 6.34. The Bertz CT molecular complexity index is 269. The van der Waals surface area contributed by atoms with Crippen molar-refractivity contribution in [3.05, 3.63) is 0 Å². The highest BCUT2D eigenvalue weighted by atomic mass is 16.5. The number of nitrogens with two attached hydrogens (primary N) is 1. The Hall–Kier alpha value is -1.30. The third-order valence-corrected chi connectivity index (χ3v) is 2.45. The summed E-state index contributed by atoms with van der Waals surface area (Å²) in [7, 11) is 1.63. The molecule has 1 amide bonds. The Morgan fingerprint density at radius 1 is 1.33 bits per heavy atom. The van der Waals surface area contributed by atoms with Crippen LogP contribution in [0.15, 0.2) is 4.99 Å². The first-order chi connectivity index (χ1) is 8.49. The maximum Gasteiger partial charge on any atom is 0.222 e. The van der Waals surface area contributed by atoms with Gasteiger partial charge in [-0.1, -0.05) is 6.92 Å². The number of hydrogen-bond donors (Lipinski definition) is 3. The molecular formula is C12H26N4O2. The number of carbonyl (C=O) groups excluding carboxylic acids is 1. The molecule has 6 heteroatoms. The molecule has 0 aromatic carbocycles. The van der Waals surface area contributed by atoms with Crippen LogP contribution in [0.4, 0.5) is 0 Å². The van der Waals surface area contributed by atoms with Gasteiger partial charge in [0, 0.05) is 25.6 Å². The minimum absolute atomic E-state index is 0.00541. The standard InChI is InChI=1S/C12H26N4O2/c1-5-9(2)15-11(17)6-7-14-12(13)16-10(3)8-18-4/h9-10H,5-8H2,1-4H3,(H,15,17)(H3,13,14,16). The first-order valence-corrected chi connectivity index (χ1v) is 6.34. The van der Waals surface area contributed by atoms with Gasteiger partial charge in [0.25, 0.3) is 0 Å². The smallest absolute Gasteiger partial charge is 0.222 e. The second kappa shape index (κ2) is 9.70. The van der Waals surface area contributed by atoms with Gasteiger partial charge in [-0.3, -0.25) is 9.79 Å². The second-order valence-corrected chi connectivity index (χ2v) is 4.39. The normalized spacial score (nSPS) is 15.0. The van der Waals surface area contributed by atoms with Crippen molar-refractivity contribution in [1.29, 1.82) is 0 Å². The van der Waals surface area contributed by atoms with E-state index in [-0.39, 0.29) is 18.0 Å². The van der Waals surface area contributed by atoms with E-state index in [0.29, 0.717) is 25.5 Å². The molecule has 4 N–H and O–H groups in total. The summed E-state index contributed by atoms with van der Waals surface area (Å²) in [5, 5.41) is 5.85. The number of nitrogens with zero attached hydrogens (tertiary/aromatic N) is 1. The summed E-state index contributed by atoms with van der Waals surface area (Å²) in [5.41, 5.74) is 5.67. The van der Waals surface area contributed by atoms with E-state index in [0.717, 1.165) is 6.42 Å². The summed E-state index contributed by atoms with van der Waals surface area (Å²) < 4.78 is 4.97. The Morgan fingerprint density at radius 2 is 2.00 bits per heavy atom. The van der Waals surface area contributed by atoms with Crippen LogP contribution in [-0.4, -0.2) is 44.2 Å². The third-order valence-electron chi connectivity index (χ3n) is 2.45. The van der Waals surface area contributed by atoms with E-state index in [9.17, 15) is 4.79 Å². The lowest BCUT2D eigenvalue weighted by Gasteiger charge is -2.13. The van der Waals surface area contributed by atoms with Crippen molar-refractivity contribution in [2.24, 2.45) is 10.7 Å². The molecule has 0 fully saturated rings. The monoisotopic (exact) mass is 258 g/mol. The van der Waals surface area contributed by atoms with Crippen molar-refractivity contribution in [2.45, 2.75) is 45.7 Å². The topological polar surface area (TPSA) is 88.7 Å². The van der Waals surface area contributed by atoms with Crippen molar-refractivity contribution >= 4 is 11.9 Å². The van der Waals surface area contributed by atoms with Gasteiger partial charge < -0.3 is 21.1 Å². The largest absolute Gasteiger partial charge is 0.383 e. The van der Waals surface area contributed by atoms with Gasteiger partial charge in [0.1, 0.15) is 0 Å². The molecule has 0 aliphatic heterocycles. The van der Waals surface area contributed by atoms with Crippen LogP contribution in [0, 0.1) is 0 Å². The van der Waals surface area contributed by atoms with Crippen molar-refractivity contribution < 1.29 is 9.53 Å². The van der Waals surface area contributed by atoms with E-state index in [1.807, 2.05) is 20.8 Å². The van der Waals surface area contributed by atoms with Gasteiger partial charge in [0.15, 0.2) is 5.96 Å². The molecule has 0 heterocycles. The minimum atomic E-state index is 0.00541. The SMILES string of the molecule is CCC(C)NC(=O)CCN=C(N)NC(C)COC. The number of methoxy groups -OCH3 is 1. The number of rotatable bonds is 8. The maximum absolute atomic E-state index is 11.5. The Labute approximate surface area is 109 Å². The zero-order valence-electron chi connectivity index (χ0n) is 11.8. The summed E-state index contributed by atoms with van der Waals surface area (Å²) in [6.07, 6.45) is 1.28. The van der Waals surface area contributed by atoms with Crippen LogP contribution in [0.3, 0.4) is 0 Å². The summed E-state index contributed by atoms with van der Waals surface area (Å²) in [6.45, 7) is 6.90. The minimum Gasteiger partial charge on any atom is -0.383 e. The highest BCUT2D eigenvalue weighted by Gasteiger charge is 2.05. The number of aliphatic imine (C=N–C) groups is 1. The van der Waals surface area contributed by atoms with E-state index >= 15 is 0 Å². The molecule has 0 radical (unpaired) electrons. The Morgan fingerprint density at radius 3 is 2.56 bits per heavy atom. The molecule has 18 heavy (non-hydrogen) atoms. The van der Waals surface area contributed by atoms with Crippen molar-refractivity contribution in [3.8, 4) is 0 Å². The average molecular weight is 258 g/mol. The van der Waals surface area contributed by atoms with E-state index in [4.69, 9.17) is 10.5 Å². The summed E-state index contributed by atoms with van der Waals surface area (Å²) in [5.74, 6) is 0.349. The fraction of sp³-hybridized carbons (Fsp3) is 0.833. The fourth-order valence-electron chi connectivity index (χ4n) is 1.32. The van der Waals surface area contributed by atoms with E-state index in [1.165, 1.54) is 0 Å². The predicted octanol–water partition coefficient (Wildman–Crippen LogP) is 0.230. The molecule has 0 aromatic heterocycles. The van der Waals surface area contributed by atoms with Gasteiger partial charge in [0.05, 0.1) is 13.2 Å². The van der Waals surface area contributed by atoms with Gasteiger partial charge in [0.2, 0.25) is 5.91 Å². The molecule has 0 aromatic rings. The number of amides is 1. The van der Waals surface area contributed by atoms with Crippen LogP contribution in [0.5, 0.6) is 0 Å². The molecule has 0 aliphatic carbocycles. The van der Waals surface area contributed by atoms with Crippen LogP contribution < -0.4 is 16.4 Å². The van der Waals surface area contributed by atoms with Crippen LogP contribution in [0.25, 0.3) is 0 Å². The highest BCUT2D eigenvalue weighted by Crippen LogP contribution is 1.90. The molecule has 2 unspecified atom stereocenters. The van der Waals surface area contributed by atoms with Gasteiger partial charge in [-0.15, -0.1) is 0 Å². The molecule has 0 rings (SSSR count). The summed E-state index contributed by atoms with van der Waals surface area (Å²) >= 11 is 0. The molecule has 6 nitrogen and oxygen atoms in total. The second-order valence-electron chi connectivity index (χ2n) is 4.39. The lowest BCUT2D eigenvalue weighted by atomic mass is 10.2. The molecular weight excluding hydrogens is 232 g/mol. The first kappa shape index (κ1) is 16.7. The van der Waals surface area contributed by atoms with Gasteiger partial charge in [-0.2, -0.15) is 0 Å². The molecule has 0 bridgehead atoms. The van der Waals surface area contributed by atoms with E-state index in [1.54, 1.807) is 7.11 Å². The molecule has 0 saturated heterocycles. The molecule has 106 valence electrons. The number of hydrogen-bond acceptors (Lipinski definition) is 3. The van der Waals surface area contributed by atoms with Gasteiger partial charge >= 0.3 is 0 Å². The summed E-state index contributed by atoms with van der Waals surface area (Å²) in [4.78, 5) is 15.5. The Balaban J connectivity index is 3.83. The molecule has 2 atom stereocenters. The molecule has 0 saturated carbocycles.